The van der Waals surface area contributed by atoms with Gasteiger partial charge in [0, 0.05) is 29.4 Å². The molecular weight excluding hydrogens is 764 g/mol. The van der Waals surface area contributed by atoms with Gasteiger partial charge >= 0.3 is 0 Å². The normalized spacial score (nSPS) is 12.2. The van der Waals surface area contributed by atoms with E-state index in [0.29, 0.717) is 24.4 Å². The number of nitrogens with two attached hydrogens (primary N) is 1. The number of nitrogen functional groups attached to an aromatic ring is 1. The maximum absolute atomic E-state index is 6.06. The number of hydrogen-bond donors (Lipinski definition) is 1. The molecule has 0 amide bonds. The maximum atomic E-state index is 6.06. The smallest absolute Gasteiger partial charge is 0.148 e. The summed E-state index contributed by atoms with van der Waals surface area (Å²) in [6.45, 7) is 16.7. The molecule has 0 spiro atoms. The highest BCUT2D eigenvalue weighted by Crippen LogP contribution is 2.25. The van der Waals surface area contributed by atoms with Crippen LogP contribution >= 0.6 is 56.8 Å². The Morgan fingerprint density at radius 3 is 1.71 bits per heavy atom. The van der Waals surface area contributed by atoms with Gasteiger partial charge in [-0.3, -0.25) is 9.13 Å². The molecule has 0 fully saturated rings. The molecule has 4 heterocycles. The third-order valence-electron chi connectivity index (χ3n) is 5.70. The Kier molecular flexibility index (Phi) is 11.4. The van der Waals surface area contributed by atoms with E-state index in [1.54, 1.807) is 0 Å². The summed E-state index contributed by atoms with van der Waals surface area (Å²) < 4.78 is 17.7. The van der Waals surface area contributed by atoms with Crippen molar-refractivity contribution in [1.29, 1.82) is 0 Å². The SMILES string of the molecule is C[Si](C)(C)CCOCn1c(I)cc2c(Cl)ncnc21.C[Si](C)(C)CCOCn1c(I)cc2c(N)ncnc21. The van der Waals surface area contributed by atoms with E-state index in [4.69, 9.17) is 26.8 Å². The van der Waals surface area contributed by atoms with Crippen molar-refractivity contribution in [2.45, 2.75) is 64.8 Å². The van der Waals surface area contributed by atoms with Crippen LogP contribution < -0.4 is 5.73 Å². The number of aromatic nitrogens is 6. The molecule has 0 radical (unpaired) electrons. The van der Waals surface area contributed by atoms with Crippen molar-refractivity contribution in [3.63, 3.8) is 0 Å². The van der Waals surface area contributed by atoms with Crippen LogP contribution in [-0.4, -0.2) is 58.4 Å². The predicted molar refractivity (Wildman–Crippen MR) is 178 cm³/mol. The quantitative estimate of drug-likeness (QED) is 0.0803. The minimum absolute atomic E-state index is 0.490. The van der Waals surface area contributed by atoms with Crippen LogP contribution in [0.25, 0.3) is 22.1 Å². The zero-order chi connectivity index (χ0) is 28.1. The number of fused-ring (bicyclic) bond motifs is 2. The average Bonchev–Trinajstić information content (AvgIpc) is 3.31. The Bertz CT molecular complexity index is 1270. The standard InChI is InChI=1S/C12H17ClIN3OSi.C12H19IN4OSi/c1-19(2,3)5-4-18-8-17-10(14)6-9-11(13)15-7-16-12(9)17;1-19(2,3)5-4-18-8-17-10(13)6-9-11(14)15-7-16-12(9)17/h6-7H,4-5,8H2,1-3H3;6-7H,4-5,8H2,1-3H3,(H2,14,15,16). The summed E-state index contributed by atoms with van der Waals surface area (Å²) in [5.41, 5.74) is 7.52. The number of halogens is 3. The molecule has 4 aromatic heterocycles. The van der Waals surface area contributed by atoms with Gasteiger partial charge in [0.1, 0.15) is 48.4 Å². The molecule has 0 aliphatic heterocycles. The van der Waals surface area contributed by atoms with Gasteiger partial charge in [-0.05, 0) is 69.4 Å². The van der Waals surface area contributed by atoms with E-state index in [1.165, 1.54) is 24.7 Å². The molecule has 14 heteroatoms. The molecule has 2 N–H and O–H groups in total. The van der Waals surface area contributed by atoms with Crippen LogP contribution in [0.15, 0.2) is 24.8 Å². The molecule has 4 rings (SSSR count). The van der Waals surface area contributed by atoms with E-state index in [9.17, 15) is 0 Å². The fourth-order valence-electron chi connectivity index (χ4n) is 3.37. The molecule has 0 bridgehead atoms. The first-order valence-electron chi connectivity index (χ1n) is 12.3. The second-order valence-corrected chi connectivity index (χ2v) is 25.2. The minimum Gasteiger partial charge on any atom is -0.383 e. The van der Waals surface area contributed by atoms with Gasteiger partial charge in [0.25, 0.3) is 0 Å². The van der Waals surface area contributed by atoms with Gasteiger partial charge in [-0.25, -0.2) is 19.9 Å². The Morgan fingerprint density at radius 1 is 0.763 bits per heavy atom. The van der Waals surface area contributed by atoms with Crippen molar-refractivity contribution in [2.24, 2.45) is 0 Å². The van der Waals surface area contributed by atoms with Gasteiger partial charge in [-0.15, -0.1) is 0 Å². The van der Waals surface area contributed by atoms with Gasteiger partial charge in [-0.2, -0.15) is 0 Å². The second kappa shape index (κ2) is 13.7. The van der Waals surface area contributed by atoms with Crippen molar-refractivity contribution >= 4 is 101 Å². The largest absolute Gasteiger partial charge is 0.383 e. The Morgan fingerprint density at radius 2 is 1.21 bits per heavy atom. The summed E-state index contributed by atoms with van der Waals surface area (Å²) in [7, 11) is -2.08. The van der Waals surface area contributed by atoms with E-state index in [-0.39, 0.29) is 0 Å². The summed E-state index contributed by atoms with van der Waals surface area (Å²) in [5, 5.41) is 2.26. The van der Waals surface area contributed by atoms with Crippen LogP contribution in [0.3, 0.4) is 0 Å². The fourth-order valence-corrected chi connectivity index (χ4v) is 6.42. The summed E-state index contributed by atoms with van der Waals surface area (Å²) in [5.74, 6) is 0.517. The average molecular weight is 800 g/mol. The fraction of sp³-hybridized carbons (Fsp3) is 0.500. The first-order valence-corrected chi connectivity index (χ1v) is 22.3. The van der Waals surface area contributed by atoms with E-state index in [2.05, 4.69) is 104 Å². The lowest BCUT2D eigenvalue weighted by atomic mass is 10.4. The first kappa shape index (κ1) is 31.7. The molecule has 208 valence electrons. The van der Waals surface area contributed by atoms with Crippen molar-refractivity contribution in [2.75, 3.05) is 18.9 Å². The molecule has 4 aromatic rings. The zero-order valence-electron chi connectivity index (χ0n) is 22.8. The first-order chi connectivity index (χ1) is 17.8. The highest BCUT2D eigenvalue weighted by Gasteiger charge is 2.15. The van der Waals surface area contributed by atoms with Crippen molar-refractivity contribution in [3.05, 3.63) is 37.3 Å². The second-order valence-electron chi connectivity index (χ2n) is 11.4. The third-order valence-corrected chi connectivity index (χ3v) is 11.2. The van der Waals surface area contributed by atoms with Crippen molar-refractivity contribution in [3.8, 4) is 0 Å². The van der Waals surface area contributed by atoms with Crippen LogP contribution in [0.4, 0.5) is 5.82 Å². The van der Waals surface area contributed by atoms with Gasteiger partial charge in [0.2, 0.25) is 0 Å². The lowest BCUT2D eigenvalue weighted by Gasteiger charge is -2.16. The van der Waals surface area contributed by atoms with E-state index in [0.717, 1.165) is 42.7 Å². The van der Waals surface area contributed by atoms with Gasteiger partial charge in [0.05, 0.1) is 18.2 Å². The molecule has 0 atom stereocenters. The number of ether oxygens (including phenoxy) is 2. The van der Waals surface area contributed by atoms with Gasteiger partial charge in [-0.1, -0.05) is 50.9 Å². The van der Waals surface area contributed by atoms with E-state index in [1.807, 2.05) is 21.3 Å². The van der Waals surface area contributed by atoms with Gasteiger partial charge < -0.3 is 15.2 Å². The molecule has 0 saturated heterocycles. The van der Waals surface area contributed by atoms with E-state index < -0.39 is 16.1 Å². The van der Waals surface area contributed by atoms with Crippen LogP contribution in [0.2, 0.25) is 56.5 Å². The van der Waals surface area contributed by atoms with Crippen molar-refractivity contribution < 1.29 is 9.47 Å². The van der Waals surface area contributed by atoms with Crippen LogP contribution in [0, 0.1) is 7.40 Å². The predicted octanol–water partition coefficient (Wildman–Crippen LogP) is 6.93. The highest BCUT2D eigenvalue weighted by atomic mass is 127. The molecule has 9 nitrogen and oxygen atoms in total. The number of nitrogens with zero attached hydrogens (tertiary/aromatic N) is 6. The van der Waals surface area contributed by atoms with Crippen LogP contribution in [0.1, 0.15) is 0 Å². The number of anilines is 1. The third kappa shape index (κ3) is 9.09. The monoisotopic (exact) mass is 799 g/mol. The topological polar surface area (TPSA) is 106 Å². The molecule has 38 heavy (non-hydrogen) atoms. The highest BCUT2D eigenvalue weighted by molar-refractivity contribution is 14.1. The summed E-state index contributed by atoms with van der Waals surface area (Å²) in [6.07, 6.45) is 2.98. The lowest BCUT2D eigenvalue weighted by molar-refractivity contribution is 0.0882. The lowest BCUT2D eigenvalue weighted by Crippen LogP contribution is -2.22. The molecular formula is C24H36ClI2N7O2Si2. The van der Waals surface area contributed by atoms with Crippen molar-refractivity contribution in [1.82, 2.24) is 29.1 Å². The Balaban J connectivity index is 0.000000211. The Hall–Kier alpha value is -0.856. The number of hydrogen-bond acceptors (Lipinski definition) is 7. The summed E-state index contributed by atoms with van der Waals surface area (Å²) in [4.78, 5) is 16.6. The van der Waals surface area contributed by atoms with Crippen LogP contribution in [-0.2, 0) is 22.9 Å². The van der Waals surface area contributed by atoms with Gasteiger partial charge in [0.15, 0.2) is 0 Å². The van der Waals surface area contributed by atoms with Crippen LogP contribution in [0.5, 0.6) is 0 Å². The molecule has 0 unspecified atom stereocenters. The van der Waals surface area contributed by atoms with E-state index >= 15 is 0 Å². The molecule has 0 aliphatic rings. The summed E-state index contributed by atoms with van der Waals surface area (Å²) >= 11 is 10.6. The molecule has 0 aliphatic carbocycles. The zero-order valence-corrected chi connectivity index (χ0v) is 29.8. The molecule has 0 saturated carbocycles. The minimum atomic E-state index is -1.04. The summed E-state index contributed by atoms with van der Waals surface area (Å²) in [6, 6.07) is 6.31. The number of rotatable bonds is 10. The maximum Gasteiger partial charge on any atom is 0.148 e. The Labute approximate surface area is 258 Å². The molecule has 0 aromatic carbocycles.